The minimum Gasteiger partial charge on any atom is -0.495 e. The van der Waals surface area contributed by atoms with E-state index in [1.165, 1.54) is 7.11 Å². The maximum Gasteiger partial charge on any atom is 0.225 e. The summed E-state index contributed by atoms with van der Waals surface area (Å²) < 4.78 is 28.4. The topological polar surface area (TPSA) is 75.7 Å². The average molecular weight is 375 g/mol. The highest BCUT2D eigenvalue weighted by atomic mass is 35.5. The van der Waals surface area contributed by atoms with Crippen molar-refractivity contribution in [3.05, 3.63) is 23.2 Å². The van der Waals surface area contributed by atoms with Crippen LogP contribution in [-0.4, -0.2) is 57.0 Å². The molecule has 1 aliphatic rings. The number of amides is 1. The molecule has 0 radical (unpaired) electrons. The quantitative estimate of drug-likeness (QED) is 0.791. The smallest absolute Gasteiger partial charge is 0.225 e. The highest BCUT2D eigenvalue weighted by Gasteiger charge is 2.31. The van der Waals surface area contributed by atoms with Crippen LogP contribution in [0.15, 0.2) is 18.2 Å². The van der Waals surface area contributed by atoms with Crippen molar-refractivity contribution in [2.24, 2.45) is 0 Å². The Morgan fingerprint density at radius 2 is 2.21 bits per heavy atom. The van der Waals surface area contributed by atoms with Gasteiger partial charge in [0.05, 0.1) is 24.3 Å². The van der Waals surface area contributed by atoms with E-state index in [1.807, 2.05) is 6.92 Å². The third-order valence-corrected chi connectivity index (χ3v) is 6.18. The zero-order valence-corrected chi connectivity index (χ0v) is 15.5. The van der Waals surface area contributed by atoms with Crippen LogP contribution >= 0.6 is 11.6 Å². The molecule has 1 aromatic rings. The lowest BCUT2D eigenvalue weighted by Crippen LogP contribution is -2.38. The molecule has 0 bridgehead atoms. The van der Waals surface area contributed by atoms with Gasteiger partial charge >= 0.3 is 0 Å². The number of hydrogen-bond acceptors (Lipinski definition) is 5. The lowest BCUT2D eigenvalue weighted by Gasteiger charge is -2.26. The zero-order chi connectivity index (χ0) is 17.7. The van der Waals surface area contributed by atoms with Gasteiger partial charge in [-0.1, -0.05) is 18.5 Å². The third kappa shape index (κ3) is 5.09. The van der Waals surface area contributed by atoms with Gasteiger partial charge in [0.1, 0.15) is 5.75 Å². The summed E-state index contributed by atoms with van der Waals surface area (Å²) in [6, 6.07) is 5.03. The molecule has 8 heteroatoms. The summed E-state index contributed by atoms with van der Waals surface area (Å²) in [4.78, 5) is 14.3. The van der Waals surface area contributed by atoms with Crippen molar-refractivity contribution in [1.29, 1.82) is 0 Å². The van der Waals surface area contributed by atoms with Crippen LogP contribution in [0.4, 0.5) is 5.69 Å². The minimum absolute atomic E-state index is 0.00788. The van der Waals surface area contributed by atoms with Crippen molar-refractivity contribution in [1.82, 2.24) is 4.90 Å². The fourth-order valence-electron chi connectivity index (χ4n) is 2.90. The van der Waals surface area contributed by atoms with Gasteiger partial charge in [-0.3, -0.25) is 9.69 Å². The van der Waals surface area contributed by atoms with Gasteiger partial charge in [-0.2, -0.15) is 0 Å². The molecule has 1 aliphatic heterocycles. The maximum atomic E-state index is 12.2. The molecule has 0 saturated carbocycles. The fourth-order valence-corrected chi connectivity index (χ4v) is 4.83. The number of halogens is 1. The molecule has 1 unspecified atom stereocenters. The molecule has 1 fully saturated rings. The monoisotopic (exact) mass is 374 g/mol. The van der Waals surface area contributed by atoms with E-state index in [0.717, 1.165) is 0 Å². The standard InChI is InChI=1S/C16H23ClN2O4S/c1-3-19(13-7-9-24(21,22)11-13)8-6-16(20)18-14-10-12(17)4-5-15(14)23-2/h4-5,10,13H,3,6-9,11H2,1-2H3,(H,18,20). The van der Waals surface area contributed by atoms with Crippen molar-refractivity contribution in [2.75, 3.05) is 37.0 Å². The van der Waals surface area contributed by atoms with Crippen LogP contribution in [0.1, 0.15) is 19.8 Å². The van der Waals surface area contributed by atoms with Gasteiger partial charge in [-0.15, -0.1) is 0 Å². The number of carbonyl (C=O) groups is 1. The average Bonchev–Trinajstić information content (AvgIpc) is 2.88. The van der Waals surface area contributed by atoms with E-state index >= 15 is 0 Å². The number of nitrogens with one attached hydrogen (secondary N) is 1. The molecule has 0 aromatic heterocycles. The van der Waals surface area contributed by atoms with Gasteiger partial charge in [-0.25, -0.2) is 8.42 Å². The highest BCUT2D eigenvalue weighted by Crippen LogP contribution is 2.27. The molecule has 2 rings (SSSR count). The first-order valence-electron chi connectivity index (χ1n) is 7.92. The van der Waals surface area contributed by atoms with Crippen LogP contribution in [0.2, 0.25) is 5.02 Å². The first-order chi connectivity index (χ1) is 11.3. The molecule has 1 N–H and O–H groups in total. The van der Waals surface area contributed by atoms with Crippen molar-refractivity contribution < 1.29 is 17.9 Å². The fraction of sp³-hybridized carbons (Fsp3) is 0.562. The van der Waals surface area contributed by atoms with E-state index in [2.05, 4.69) is 10.2 Å². The number of anilines is 1. The van der Waals surface area contributed by atoms with E-state index in [1.54, 1.807) is 18.2 Å². The number of sulfone groups is 1. The number of carbonyl (C=O) groups excluding carboxylic acids is 1. The normalized spacial score (nSPS) is 19.4. The lowest BCUT2D eigenvalue weighted by molar-refractivity contribution is -0.116. The summed E-state index contributed by atoms with van der Waals surface area (Å²) in [7, 11) is -1.40. The second kappa shape index (κ2) is 8.18. The summed E-state index contributed by atoms with van der Waals surface area (Å²) in [6.07, 6.45) is 0.917. The highest BCUT2D eigenvalue weighted by molar-refractivity contribution is 7.91. The van der Waals surface area contributed by atoms with E-state index in [9.17, 15) is 13.2 Å². The summed E-state index contributed by atoms with van der Waals surface area (Å²) in [5, 5.41) is 3.31. The molecule has 24 heavy (non-hydrogen) atoms. The van der Waals surface area contributed by atoms with Gasteiger partial charge in [-0.05, 0) is 31.2 Å². The Balaban J connectivity index is 1.91. The Bertz CT molecular complexity index is 693. The van der Waals surface area contributed by atoms with E-state index in [0.29, 0.717) is 36.0 Å². The van der Waals surface area contributed by atoms with E-state index in [-0.39, 0.29) is 29.9 Å². The number of benzene rings is 1. The minimum atomic E-state index is -2.92. The number of hydrogen-bond donors (Lipinski definition) is 1. The lowest BCUT2D eigenvalue weighted by atomic mass is 10.2. The molecule has 0 spiro atoms. The predicted octanol–water partition coefficient (Wildman–Crippen LogP) is 2.19. The Kier molecular flexibility index (Phi) is 6.48. The van der Waals surface area contributed by atoms with Gasteiger partial charge in [0.2, 0.25) is 5.91 Å². The van der Waals surface area contributed by atoms with Gasteiger partial charge < -0.3 is 10.1 Å². The molecule has 1 aromatic carbocycles. The molecule has 1 heterocycles. The van der Waals surface area contributed by atoms with Crippen LogP contribution < -0.4 is 10.1 Å². The SMILES string of the molecule is CCN(CCC(=O)Nc1cc(Cl)ccc1OC)C1CCS(=O)(=O)C1. The van der Waals surface area contributed by atoms with Crippen molar-refractivity contribution in [3.8, 4) is 5.75 Å². The molecular formula is C16H23ClN2O4S. The third-order valence-electron chi connectivity index (χ3n) is 4.19. The van der Waals surface area contributed by atoms with Crippen molar-refractivity contribution >= 4 is 33.0 Å². The number of ether oxygens (including phenoxy) is 1. The van der Waals surface area contributed by atoms with Crippen LogP contribution in [0.5, 0.6) is 5.75 Å². The second-order valence-corrected chi connectivity index (χ2v) is 8.49. The van der Waals surface area contributed by atoms with Gasteiger partial charge in [0.25, 0.3) is 0 Å². The van der Waals surface area contributed by atoms with E-state index < -0.39 is 9.84 Å². The van der Waals surface area contributed by atoms with Crippen molar-refractivity contribution in [2.45, 2.75) is 25.8 Å². The zero-order valence-electron chi connectivity index (χ0n) is 13.9. The molecular weight excluding hydrogens is 352 g/mol. The van der Waals surface area contributed by atoms with Crippen LogP contribution in [0.25, 0.3) is 0 Å². The molecule has 1 atom stereocenters. The number of nitrogens with zero attached hydrogens (tertiary/aromatic N) is 1. The van der Waals surface area contributed by atoms with Gasteiger partial charge in [0.15, 0.2) is 9.84 Å². The second-order valence-electron chi connectivity index (χ2n) is 5.83. The Morgan fingerprint density at radius 1 is 1.46 bits per heavy atom. The van der Waals surface area contributed by atoms with E-state index in [4.69, 9.17) is 16.3 Å². The summed E-state index contributed by atoms with van der Waals surface area (Å²) in [5.74, 6) is 0.807. The summed E-state index contributed by atoms with van der Waals surface area (Å²) in [6.45, 7) is 3.21. The van der Waals surface area contributed by atoms with Crippen LogP contribution in [0, 0.1) is 0 Å². The Hall–Kier alpha value is -1.31. The van der Waals surface area contributed by atoms with Crippen molar-refractivity contribution in [3.63, 3.8) is 0 Å². The van der Waals surface area contributed by atoms with Crippen LogP contribution in [0.3, 0.4) is 0 Å². The molecule has 6 nitrogen and oxygen atoms in total. The molecule has 1 amide bonds. The Labute approximate surface area is 148 Å². The molecule has 0 aliphatic carbocycles. The predicted molar refractivity (Wildman–Crippen MR) is 95.6 cm³/mol. The van der Waals surface area contributed by atoms with Crippen LogP contribution in [-0.2, 0) is 14.6 Å². The molecule has 134 valence electrons. The molecule has 1 saturated heterocycles. The Morgan fingerprint density at radius 3 is 2.79 bits per heavy atom. The maximum absolute atomic E-state index is 12.2. The summed E-state index contributed by atoms with van der Waals surface area (Å²) in [5.41, 5.74) is 0.529. The first-order valence-corrected chi connectivity index (χ1v) is 10.1. The van der Waals surface area contributed by atoms with Gasteiger partial charge in [0, 0.05) is 24.0 Å². The number of methoxy groups -OCH3 is 1. The first kappa shape index (κ1) is 19.0. The summed E-state index contributed by atoms with van der Waals surface area (Å²) >= 11 is 5.95. The largest absolute Gasteiger partial charge is 0.495 e. The number of rotatable bonds is 7.